The van der Waals surface area contributed by atoms with Gasteiger partial charge in [0.15, 0.2) is 0 Å². The Hall–Kier alpha value is -0.460. The molecule has 0 fully saturated rings. The largest absolute Gasteiger partial charge is 0.241 e. The van der Waals surface area contributed by atoms with E-state index in [-0.39, 0.29) is 16.9 Å². The van der Waals surface area contributed by atoms with Crippen LogP contribution in [0.25, 0.3) is 0 Å². The van der Waals surface area contributed by atoms with Gasteiger partial charge < -0.3 is 0 Å². The zero-order chi connectivity index (χ0) is 14.8. The number of aryl methyl sites for hydroxylation is 2. The number of sulfonamides is 1. The molecule has 0 aromatic heterocycles. The maximum atomic E-state index is 13.2. The van der Waals surface area contributed by atoms with Gasteiger partial charge in [0, 0.05) is 11.4 Å². The molecule has 0 bridgehead atoms. The molecule has 0 saturated carbocycles. The van der Waals surface area contributed by atoms with Crippen LogP contribution >= 0.6 is 15.9 Å². The first-order valence-corrected chi connectivity index (χ1v) is 8.64. The van der Waals surface area contributed by atoms with Gasteiger partial charge in [0.1, 0.15) is 5.82 Å². The first kappa shape index (κ1) is 16.6. The summed E-state index contributed by atoms with van der Waals surface area (Å²) in [5.41, 5.74) is 0.840. The fourth-order valence-corrected chi connectivity index (χ4v) is 4.24. The lowest BCUT2D eigenvalue weighted by atomic mass is 10.1. The minimum Gasteiger partial charge on any atom is -0.208 e. The number of hydrogen-bond donors (Lipinski definition) is 1. The number of nitrogens with one attached hydrogen (secondary N) is 1. The zero-order valence-electron chi connectivity index (χ0n) is 11.5. The van der Waals surface area contributed by atoms with E-state index in [2.05, 4.69) is 20.7 Å². The molecule has 0 amide bonds. The average Bonchev–Trinajstić information content (AvgIpc) is 2.24. The molecular formula is C13H19BrFNO2S. The Bertz CT molecular complexity index is 537. The van der Waals surface area contributed by atoms with Crippen LogP contribution < -0.4 is 4.72 Å². The van der Waals surface area contributed by atoms with Crippen molar-refractivity contribution in [1.29, 1.82) is 0 Å². The molecule has 0 aliphatic carbocycles. The topological polar surface area (TPSA) is 46.2 Å². The molecule has 2 unspecified atom stereocenters. The van der Waals surface area contributed by atoms with Crippen LogP contribution in [-0.2, 0) is 10.0 Å². The van der Waals surface area contributed by atoms with Crippen LogP contribution in [0.2, 0.25) is 0 Å². The van der Waals surface area contributed by atoms with Crippen molar-refractivity contribution < 1.29 is 12.8 Å². The Balaban J connectivity index is 3.15. The highest BCUT2D eigenvalue weighted by molar-refractivity contribution is 9.09. The molecule has 1 aromatic carbocycles. The van der Waals surface area contributed by atoms with E-state index in [1.165, 1.54) is 12.1 Å². The summed E-state index contributed by atoms with van der Waals surface area (Å²) in [7, 11) is -3.63. The predicted molar refractivity (Wildman–Crippen MR) is 78.6 cm³/mol. The first-order valence-electron chi connectivity index (χ1n) is 6.04. The minimum absolute atomic E-state index is 0.163. The summed E-state index contributed by atoms with van der Waals surface area (Å²) in [6, 6.07) is 2.27. The molecule has 0 heterocycles. The molecule has 0 aliphatic rings. The Morgan fingerprint density at radius 3 is 2.16 bits per heavy atom. The third-order valence-electron chi connectivity index (χ3n) is 3.13. The van der Waals surface area contributed by atoms with Crippen LogP contribution in [0.15, 0.2) is 17.0 Å². The molecule has 2 atom stereocenters. The van der Waals surface area contributed by atoms with Gasteiger partial charge in [-0.1, -0.05) is 22.9 Å². The summed E-state index contributed by atoms with van der Waals surface area (Å²) in [6.07, 6.45) is 0. The summed E-state index contributed by atoms with van der Waals surface area (Å²) < 4.78 is 40.6. The second kappa shape index (κ2) is 6.33. The van der Waals surface area contributed by atoms with E-state index in [1.807, 2.05) is 13.8 Å². The van der Waals surface area contributed by atoms with Crippen molar-refractivity contribution in [1.82, 2.24) is 4.72 Å². The standard InChI is InChI=1S/C13H19BrFNO2S/c1-8-5-12(15)6-9(2)13(8)19(17,18)16-11(4)10(3)7-14/h5-6,10-11,16H,7H2,1-4H3. The lowest BCUT2D eigenvalue weighted by Gasteiger charge is -2.20. The van der Waals surface area contributed by atoms with Gasteiger partial charge in [-0.3, -0.25) is 0 Å². The molecule has 0 radical (unpaired) electrons. The average molecular weight is 352 g/mol. The van der Waals surface area contributed by atoms with Crippen molar-refractivity contribution in [2.75, 3.05) is 5.33 Å². The quantitative estimate of drug-likeness (QED) is 0.828. The van der Waals surface area contributed by atoms with E-state index in [9.17, 15) is 12.8 Å². The number of hydrogen-bond acceptors (Lipinski definition) is 2. The van der Waals surface area contributed by atoms with E-state index in [0.717, 1.165) is 0 Å². The molecule has 0 saturated heterocycles. The lowest BCUT2D eigenvalue weighted by Crippen LogP contribution is -2.38. The number of benzene rings is 1. The van der Waals surface area contributed by atoms with Gasteiger partial charge in [-0.2, -0.15) is 0 Å². The number of rotatable bonds is 5. The molecular weight excluding hydrogens is 333 g/mol. The summed E-state index contributed by atoms with van der Waals surface area (Å²) in [5.74, 6) is -0.258. The molecule has 108 valence electrons. The monoisotopic (exact) mass is 351 g/mol. The molecule has 3 nitrogen and oxygen atoms in total. The fourth-order valence-electron chi connectivity index (χ4n) is 1.87. The zero-order valence-corrected chi connectivity index (χ0v) is 13.9. The van der Waals surface area contributed by atoms with Crippen molar-refractivity contribution in [3.8, 4) is 0 Å². The highest BCUT2D eigenvalue weighted by Gasteiger charge is 2.24. The smallest absolute Gasteiger partial charge is 0.208 e. The SMILES string of the molecule is Cc1cc(F)cc(C)c1S(=O)(=O)NC(C)C(C)CBr. The van der Waals surface area contributed by atoms with Gasteiger partial charge >= 0.3 is 0 Å². The van der Waals surface area contributed by atoms with Gasteiger partial charge in [0.05, 0.1) is 4.90 Å². The maximum absolute atomic E-state index is 13.2. The second-order valence-electron chi connectivity index (χ2n) is 4.91. The van der Waals surface area contributed by atoms with Crippen LogP contribution in [0, 0.1) is 25.6 Å². The first-order chi connectivity index (χ1) is 8.69. The van der Waals surface area contributed by atoms with Gasteiger partial charge in [0.25, 0.3) is 0 Å². The van der Waals surface area contributed by atoms with Crippen molar-refractivity contribution in [3.63, 3.8) is 0 Å². The van der Waals surface area contributed by atoms with Crippen molar-refractivity contribution in [3.05, 3.63) is 29.1 Å². The van der Waals surface area contributed by atoms with E-state index in [4.69, 9.17) is 0 Å². The molecule has 19 heavy (non-hydrogen) atoms. The Labute approximate surface area is 122 Å². The normalized spacial score (nSPS) is 15.3. The van der Waals surface area contributed by atoms with Gasteiger partial charge in [0.2, 0.25) is 10.0 Å². The van der Waals surface area contributed by atoms with E-state index >= 15 is 0 Å². The minimum atomic E-state index is -3.63. The van der Waals surface area contributed by atoms with Crippen LogP contribution in [0.4, 0.5) is 4.39 Å². The predicted octanol–water partition coefficient (Wildman–Crippen LogP) is 3.14. The Kier molecular flexibility index (Phi) is 5.53. The molecule has 1 aromatic rings. The summed E-state index contributed by atoms with van der Waals surface area (Å²) >= 11 is 3.33. The molecule has 1 rings (SSSR count). The second-order valence-corrected chi connectivity index (χ2v) is 7.21. The van der Waals surface area contributed by atoms with Crippen LogP contribution in [0.5, 0.6) is 0 Å². The third-order valence-corrected chi connectivity index (χ3v) is 6.02. The Morgan fingerprint density at radius 2 is 1.74 bits per heavy atom. The van der Waals surface area contributed by atoms with Crippen LogP contribution in [0.3, 0.4) is 0 Å². The molecule has 1 N–H and O–H groups in total. The van der Waals surface area contributed by atoms with Crippen LogP contribution in [-0.4, -0.2) is 19.8 Å². The number of halogens is 2. The summed E-state index contributed by atoms with van der Waals surface area (Å²) in [6.45, 7) is 6.97. The van der Waals surface area contributed by atoms with Crippen molar-refractivity contribution >= 4 is 26.0 Å². The maximum Gasteiger partial charge on any atom is 0.241 e. The van der Waals surface area contributed by atoms with Crippen molar-refractivity contribution in [2.45, 2.75) is 38.6 Å². The van der Waals surface area contributed by atoms with E-state index in [1.54, 1.807) is 13.8 Å². The van der Waals surface area contributed by atoms with Crippen LogP contribution in [0.1, 0.15) is 25.0 Å². The van der Waals surface area contributed by atoms with E-state index in [0.29, 0.717) is 16.5 Å². The van der Waals surface area contributed by atoms with Gasteiger partial charge in [-0.25, -0.2) is 17.5 Å². The third kappa shape index (κ3) is 4.00. The Morgan fingerprint density at radius 1 is 1.26 bits per heavy atom. The van der Waals surface area contributed by atoms with Crippen molar-refractivity contribution in [2.24, 2.45) is 5.92 Å². The molecule has 6 heteroatoms. The highest BCUT2D eigenvalue weighted by atomic mass is 79.9. The summed E-state index contributed by atoms with van der Waals surface area (Å²) in [5, 5.41) is 0.706. The summed E-state index contributed by atoms with van der Waals surface area (Å²) in [4.78, 5) is 0.169. The fraction of sp³-hybridized carbons (Fsp3) is 0.538. The number of alkyl halides is 1. The molecule has 0 spiro atoms. The highest BCUT2D eigenvalue weighted by Crippen LogP contribution is 2.22. The van der Waals surface area contributed by atoms with Gasteiger partial charge in [-0.15, -0.1) is 0 Å². The lowest BCUT2D eigenvalue weighted by molar-refractivity contribution is 0.483. The van der Waals surface area contributed by atoms with Gasteiger partial charge in [-0.05, 0) is 49.9 Å². The molecule has 0 aliphatic heterocycles. The van der Waals surface area contributed by atoms with E-state index < -0.39 is 15.8 Å².